The molecule has 0 unspecified atom stereocenters. The molecule has 8 heteroatoms. The number of phenolic OH excluding ortho intramolecular Hbond substituents is 1. The monoisotopic (exact) mass is 400 g/mol. The molecule has 0 atom stereocenters. The number of carbonyl (C=O) groups is 1. The maximum absolute atomic E-state index is 13.7. The zero-order valence-electron chi connectivity index (χ0n) is 16.7. The summed E-state index contributed by atoms with van der Waals surface area (Å²) in [7, 11) is 0. The molecule has 0 saturated heterocycles. The van der Waals surface area contributed by atoms with Gasteiger partial charge in [-0.2, -0.15) is 5.10 Å². The van der Waals surface area contributed by atoms with Gasteiger partial charge in [-0.05, 0) is 51.0 Å². The summed E-state index contributed by atoms with van der Waals surface area (Å²) < 4.78 is 20.6. The van der Waals surface area contributed by atoms with Crippen molar-refractivity contribution in [1.29, 1.82) is 0 Å². The van der Waals surface area contributed by atoms with Gasteiger partial charge >= 0.3 is 6.09 Å². The van der Waals surface area contributed by atoms with E-state index in [4.69, 9.17) is 10.5 Å². The number of hydrogen-bond donors (Lipinski definition) is 3. The number of halogens is 1. The Hall–Kier alpha value is -3.29. The molecule has 0 bridgehead atoms. The average molecular weight is 400 g/mol. The van der Waals surface area contributed by atoms with Gasteiger partial charge in [-0.1, -0.05) is 18.2 Å². The largest absolute Gasteiger partial charge is 0.504 e. The maximum Gasteiger partial charge on any atom is 0.407 e. The van der Waals surface area contributed by atoms with Crippen molar-refractivity contribution in [3.8, 4) is 16.9 Å². The van der Waals surface area contributed by atoms with E-state index < -0.39 is 23.3 Å². The Morgan fingerprint density at radius 1 is 1.31 bits per heavy atom. The smallest absolute Gasteiger partial charge is 0.407 e. The molecule has 7 nitrogen and oxygen atoms in total. The minimum Gasteiger partial charge on any atom is -0.504 e. The van der Waals surface area contributed by atoms with E-state index in [1.54, 1.807) is 49.7 Å². The van der Waals surface area contributed by atoms with Gasteiger partial charge < -0.3 is 20.9 Å². The number of carbonyl (C=O) groups excluding carboxylic acids is 1. The molecule has 0 saturated carbocycles. The molecule has 1 amide bonds. The fraction of sp³-hybridized carbons (Fsp3) is 0.333. The summed E-state index contributed by atoms with van der Waals surface area (Å²) in [5, 5.41) is 17.9. The van der Waals surface area contributed by atoms with Crippen molar-refractivity contribution >= 4 is 22.8 Å². The van der Waals surface area contributed by atoms with Crippen LogP contribution < -0.4 is 11.1 Å². The van der Waals surface area contributed by atoms with Crippen LogP contribution in [0.1, 0.15) is 27.2 Å². The van der Waals surface area contributed by atoms with E-state index in [-0.39, 0.29) is 0 Å². The Labute approximate surface area is 168 Å². The van der Waals surface area contributed by atoms with Gasteiger partial charge in [-0.3, -0.25) is 4.68 Å². The summed E-state index contributed by atoms with van der Waals surface area (Å²) in [5.41, 5.74) is 7.28. The van der Waals surface area contributed by atoms with E-state index in [0.29, 0.717) is 36.5 Å². The molecular formula is C21H25FN4O3. The van der Waals surface area contributed by atoms with Crippen LogP contribution in [0.25, 0.3) is 22.0 Å². The topological polar surface area (TPSA) is 102 Å². The molecule has 0 aliphatic carbocycles. The van der Waals surface area contributed by atoms with Crippen molar-refractivity contribution in [2.45, 2.75) is 39.3 Å². The molecule has 3 rings (SSSR count). The molecule has 1 aromatic heterocycles. The predicted molar refractivity (Wildman–Crippen MR) is 110 cm³/mol. The van der Waals surface area contributed by atoms with Gasteiger partial charge in [0.1, 0.15) is 5.60 Å². The lowest BCUT2D eigenvalue weighted by Crippen LogP contribution is -2.33. The second-order valence-electron chi connectivity index (χ2n) is 7.76. The zero-order valence-corrected chi connectivity index (χ0v) is 16.7. The summed E-state index contributed by atoms with van der Waals surface area (Å²) in [5.74, 6) is -0.689. The highest BCUT2D eigenvalue weighted by atomic mass is 19.1. The zero-order chi connectivity index (χ0) is 21.2. The van der Waals surface area contributed by atoms with Gasteiger partial charge in [0.2, 0.25) is 0 Å². The van der Waals surface area contributed by atoms with Gasteiger partial charge in [-0.25, -0.2) is 9.18 Å². The number of para-hydroxylation sites is 1. The van der Waals surface area contributed by atoms with Crippen molar-refractivity contribution in [3.05, 3.63) is 42.2 Å². The summed E-state index contributed by atoms with van der Waals surface area (Å²) >= 11 is 0. The van der Waals surface area contributed by atoms with Crippen LogP contribution in [0.4, 0.5) is 15.0 Å². The fourth-order valence-electron chi connectivity index (χ4n) is 3.02. The number of anilines is 1. The number of aromatic hydroxyl groups is 1. The molecular weight excluding hydrogens is 375 g/mol. The molecule has 0 aliphatic heterocycles. The van der Waals surface area contributed by atoms with E-state index in [0.717, 1.165) is 10.9 Å². The van der Waals surface area contributed by atoms with Crippen molar-refractivity contribution in [2.75, 3.05) is 12.3 Å². The molecule has 154 valence electrons. The summed E-state index contributed by atoms with van der Waals surface area (Å²) in [4.78, 5) is 11.7. The molecule has 0 aliphatic rings. The summed E-state index contributed by atoms with van der Waals surface area (Å²) in [6.45, 7) is 6.35. The number of aromatic nitrogens is 2. The Morgan fingerprint density at radius 3 is 2.79 bits per heavy atom. The molecule has 2 aromatic carbocycles. The highest BCUT2D eigenvalue weighted by Gasteiger charge is 2.16. The van der Waals surface area contributed by atoms with Crippen LogP contribution in [-0.4, -0.2) is 33.1 Å². The second kappa shape index (κ2) is 7.98. The van der Waals surface area contributed by atoms with Gasteiger partial charge in [0.15, 0.2) is 17.4 Å². The first kappa shape index (κ1) is 20.4. The van der Waals surface area contributed by atoms with Crippen LogP contribution in [-0.2, 0) is 11.3 Å². The van der Waals surface area contributed by atoms with Gasteiger partial charge in [0.25, 0.3) is 0 Å². The van der Waals surface area contributed by atoms with E-state index in [2.05, 4.69) is 10.4 Å². The van der Waals surface area contributed by atoms with Crippen LogP contribution in [0.5, 0.6) is 5.75 Å². The quantitative estimate of drug-likeness (QED) is 0.561. The minimum absolute atomic E-state index is 0.384. The summed E-state index contributed by atoms with van der Waals surface area (Å²) in [6, 6.07) is 9.78. The highest BCUT2D eigenvalue weighted by molar-refractivity contribution is 5.92. The number of amides is 1. The number of phenols is 1. The molecule has 1 heterocycles. The SMILES string of the molecule is CC(C)(C)OC(=O)NCCCn1nc(N)c2ccc(-c3cccc(F)c3O)cc21. The van der Waals surface area contributed by atoms with E-state index in [1.165, 1.54) is 6.07 Å². The molecule has 29 heavy (non-hydrogen) atoms. The van der Waals surface area contributed by atoms with Crippen molar-refractivity contribution in [3.63, 3.8) is 0 Å². The summed E-state index contributed by atoms with van der Waals surface area (Å²) in [6.07, 6.45) is 0.149. The number of nitrogens with two attached hydrogens (primary N) is 1. The third-order valence-electron chi connectivity index (χ3n) is 4.29. The number of hydrogen-bond acceptors (Lipinski definition) is 5. The predicted octanol–water partition coefficient (Wildman–Crippen LogP) is 4.05. The van der Waals surface area contributed by atoms with Crippen LogP contribution in [0.15, 0.2) is 36.4 Å². The molecule has 0 fully saturated rings. The molecule has 4 N–H and O–H groups in total. The Bertz CT molecular complexity index is 1040. The number of aryl methyl sites for hydroxylation is 1. The number of ether oxygens (including phenoxy) is 1. The first-order chi connectivity index (χ1) is 13.7. The van der Waals surface area contributed by atoms with Crippen molar-refractivity contribution < 1.29 is 19.0 Å². The molecule has 0 radical (unpaired) electrons. The van der Waals surface area contributed by atoms with Crippen molar-refractivity contribution in [2.24, 2.45) is 0 Å². The average Bonchev–Trinajstić information content (AvgIpc) is 2.95. The van der Waals surface area contributed by atoms with Crippen LogP contribution in [0, 0.1) is 5.82 Å². The lowest BCUT2D eigenvalue weighted by atomic mass is 10.0. The number of fused-ring (bicyclic) bond motifs is 1. The third-order valence-corrected chi connectivity index (χ3v) is 4.29. The minimum atomic E-state index is -0.677. The lowest BCUT2D eigenvalue weighted by Gasteiger charge is -2.19. The standard InChI is InChI=1S/C21H25FN4O3/c1-21(2,3)29-20(28)24-10-5-11-26-17-12-13(8-9-15(17)19(23)25-26)14-6-4-7-16(22)18(14)27/h4,6-9,12,27H,5,10-11H2,1-3H3,(H2,23,25)(H,24,28). The Balaban J connectivity index is 1.75. The first-order valence-corrected chi connectivity index (χ1v) is 9.36. The van der Waals surface area contributed by atoms with Crippen LogP contribution in [0.3, 0.4) is 0 Å². The highest BCUT2D eigenvalue weighted by Crippen LogP contribution is 2.34. The lowest BCUT2D eigenvalue weighted by molar-refractivity contribution is 0.0526. The van der Waals surface area contributed by atoms with E-state index in [9.17, 15) is 14.3 Å². The number of benzene rings is 2. The van der Waals surface area contributed by atoms with Gasteiger partial charge in [0.05, 0.1) is 5.52 Å². The van der Waals surface area contributed by atoms with Crippen molar-refractivity contribution in [1.82, 2.24) is 15.1 Å². The molecule has 3 aromatic rings. The van der Waals surface area contributed by atoms with Crippen LogP contribution >= 0.6 is 0 Å². The Morgan fingerprint density at radius 2 is 2.07 bits per heavy atom. The normalized spacial score (nSPS) is 11.6. The number of rotatable bonds is 5. The third kappa shape index (κ3) is 4.77. The van der Waals surface area contributed by atoms with E-state index >= 15 is 0 Å². The van der Waals surface area contributed by atoms with Gasteiger partial charge in [-0.15, -0.1) is 0 Å². The van der Waals surface area contributed by atoms with Crippen LogP contribution in [0.2, 0.25) is 0 Å². The second-order valence-corrected chi connectivity index (χ2v) is 7.76. The first-order valence-electron chi connectivity index (χ1n) is 9.36. The number of nitrogens with zero attached hydrogens (tertiary/aromatic N) is 2. The van der Waals surface area contributed by atoms with E-state index in [1.807, 2.05) is 6.07 Å². The fourth-order valence-corrected chi connectivity index (χ4v) is 3.02. The number of alkyl carbamates (subject to hydrolysis) is 1. The maximum atomic E-state index is 13.7. The molecule has 0 spiro atoms. The number of nitrogens with one attached hydrogen (secondary N) is 1. The number of nitrogen functional groups attached to an aromatic ring is 1. The Kier molecular flexibility index (Phi) is 5.63. The van der Waals surface area contributed by atoms with Gasteiger partial charge in [0, 0.05) is 24.0 Å².